The summed E-state index contributed by atoms with van der Waals surface area (Å²) >= 11 is 3.64. The summed E-state index contributed by atoms with van der Waals surface area (Å²) in [4.78, 5) is 13.9. The zero-order chi connectivity index (χ0) is 14.7. The highest BCUT2D eigenvalue weighted by Gasteiger charge is 2.26. The Bertz CT molecular complexity index is 490. The Balaban J connectivity index is 2.14. The average Bonchev–Trinajstić information content (AvgIpc) is 2.40. The van der Waals surface area contributed by atoms with Crippen molar-refractivity contribution in [3.8, 4) is 0 Å². The number of piperazine rings is 1. The van der Waals surface area contributed by atoms with Crippen molar-refractivity contribution in [2.24, 2.45) is 0 Å². The molecular weight excluding hydrogens is 318 g/mol. The zero-order valence-electron chi connectivity index (χ0n) is 12.2. The molecule has 110 valence electrons. The molecule has 1 saturated heterocycles. The van der Waals surface area contributed by atoms with Gasteiger partial charge >= 0.3 is 0 Å². The van der Waals surface area contributed by atoms with Gasteiger partial charge in [-0.15, -0.1) is 0 Å². The topological polar surface area (TPSA) is 44.4 Å². The van der Waals surface area contributed by atoms with Crippen molar-refractivity contribution in [3.05, 3.63) is 28.2 Å². The molecule has 0 aliphatic carbocycles. The summed E-state index contributed by atoms with van der Waals surface area (Å²) in [5.41, 5.74) is 2.32. The van der Waals surface area contributed by atoms with Gasteiger partial charge in [0.1, 0.15) is 6.04 Å². The Morgan fingerprint density at radius 2 is 2.25 bits per heavy atom. The third-order valence-electron chi connectivity index (χ3n) is 3.53. The molecule has 1 heterocycles. The Morgan fingerprint density at radius 1 is 1.50 bits per heavy atom. The molecule has 0 spiro atoms. The average molecular weight is 340 g/mol. The van der Waals surface area contributed by atoms with E-state index >= 15 is 0 Å². The number of nitrogens with zero attached hydrogens (tertiary/aromatic N) is 1. The van der Waals surface area contributed by atoms with Gasteiger partial charge in [-0.05, 0) is 40.5 Å². The first-order chi connectivity index (χ1) is 9.49. The van der Waals surface area contributed by atoms with E-state index in [1.165, 1.54) is 5.56 Å². The highest BCUT2D eigenvalue weighted by Crippen LogP contribution is 2.29. The van der Waals surface area contributed by atoms with Crippen LogP contribution < -0.4 is 15.5 Å². The molecule has 0 bridgehead atoms. The Hall–Kier alpha value is -1.07. The lowest BCUT2D eigenvalue weighted by atomic mass is 10.1. The summed E-state index contributed by atoms with van der Waals surface area (Å²) in [6.45, 7) is 8.61. The van der Waals surface area contributed by atoms with Crippen LogP contribution in [-0.4, -0.2) is 31.1 Å². The van der Waals surface area contributed by atoms with Crippen LogP contribution in [0.2, 0.25) is 0 Å². The molecule has 4 nitrogen and oxygen atoms in total. The van der Waals surface area contributed by atoms with E-state index in [1.807, 2.05) is 6.92 Å². The molecule has 1 amide bonds. The van der Waals surface area contributed by atoms with E-state index in [9.17, 15) is 4.79 Å². The second kappa shape index (κ2) is 6.59. The third kappa shape index (κ3) is 3.52. The van der Waals surface area contributed by atoms with Crippen molar-refractivity contribution in [1.29, 1.82) is 0 Å². The SMILES string of the molecule is CC(C)NCc1ccc(N2CCNC(=O)C2C)c(Br)c1. The summed E-state index contributed by atoms with van der Waals surface area (Å²) in [5, 5.41) is 6.29. The largest absolute Gasteiger partial charge is 0.357 e. The molecular formula is C15H22BrN3O. The summed E-state index contributed by atoms with van der Waals surface area (Å²) in [6.07, 6.45) is 0. The number of halogens is 1. The number of hydrogen-bond donors (Lipinski definition) is 2. The number of anilines is 1. The van der Waals surface area contributed by atoms with Gasteiger partial charge in [-0.3, -0.25) is 4.79 Å². The zero-order valence-corrected chi connectivity index (χ0v) is 13.8. The lowest BCUT2D eigenvalue weighted by Gasteiger charge is -2.35. The Morgan fingerprint density at radius 3 is 2.90 bits per heavy atom. The number of carbonyl (C=O) groups is 1. The van der Waals surface area contributed by atoms with Gasteiger partial charge in [-0.2, -0.15) is 0 Å². The maximum absolute atomic E-state index is 11.8. The molecule has 0 saturated carbocycles. The van der Waals surface area contributed by atoms with Crippen LogP contribution in [-0.2, 0) is 11.3 Å². The second-order valence-corrected chi connectivity index (χ2v) is 6.34. The van der Waals surface area contributed by atoms with Gasteiger partial charge in [-0.1, -0.05) is 19.9 Å². The Labute approximate surface area is 129 Å². The van der Waals surface area contributed by atoms with E-state index in [0.717, 1.165) is 23.2 Å². The molecule has 5 heteroatoms. The number of carbonyl (C=O) groups excluding carboxylic acids is 1. The molecule has 2 N–H and O–H groups in total. The summed E-state index contributed by atoms with van der Waals surface area (Å²) in [7, 11) is 0. The van der Waals surface area contributed by atoms with E-state index < -0.39 is 0 Å². The second-order valence-electron chi connectivity index (χ2n) is 5.48. The lowest BCUT2D eigenvalue weighted by molar-refractivity contribution is -0.122. The van der Waals surface area contributed by atoms with Crippen molar-refractivity contribution >= 4 is 27.5 Å². The third-order valence-corrected chi connectivity index (χ3v) is 4.17. The fourth-order valence-electron chi connectivity index (χ4n) is 2.33. The fourth-order valence-corrected chi connectivity index (χ4v) is 2.98. The minimum atomic E-state index is -0.125. The molecule has 1 atom stereocenters. The molecule has 2 rings (SSSR count). The summed E-state index contributed by atoms with van der Waals surface area (Å²) in [5.74, 6) is 0.0914. The Kier molecular flexibility index (Phi) is 5.05. The maximum Gasteiger partial charge on any atom is 0.242 e. The minimum Gasteiger partial charge on any atom is -0.357 e. The monoisotopic (exact) mass is 339 g/mol. The van der Waals surface area contributed by atoms with E-state index in [4.69, 9.17) is 0 Å². The number of rotatable bonds is 4. The van der Waals surface area contributed by atoms with Crippen LogP contribution in [0.3, 0.4) is 0 Å². The molecule has 1 fully saturated rings. The molecule has 0 radical (unpaired) electrons. The van der Waals surface area contributed by atoms with Crippen molar-refractivity contribution in [2.45, 2.75) is 39.4 Å². The van der Waals surface area contributed by atoms with Crippen molar-refractivity contribution in [2.75, 3.05) is 18.0 Å². The van der Waals surface area contributed by atoms with E-state index in [0.29, 0.717) is 12.6 Å². The van der Waals surface area contributed by atoms with E-state index in [-0.39, 0.29) is 11.9 Å². The first kappa shape index (κ1) is 15.3. The van der Waals surface area contributed by atoms with Crippen LogP contribution in [0.5, 0.6) is 0 Å². The number of hydrogen-bond acceptors (Lipinski definition) is 3. The van der Waals surface area contributed by atoms with Gasteiger partial charge in [-0.25, -0.2) is 0 Å². The molecule has 20 heavy (non-hydrogen) atoms. The predicted octanol–water partition coefficient (Wildman–Crippen LogP) is 2.27. The summed E-state index contributed by atoms with van der Waals surface area (Å²) < 4.78 is 1.04. The van der Waals surface area contributed by atoms with Crippen molar-refractivity contribution < 1.29 is 4.79 Å². The summed E-state index contributed by atoms with van der Waals surface area (Å²) in [6, 6.07) is 6.69. The van der Waals surface area contributed by atoms with E-state index in [2.05, 4.69) is 63.5 Å². The fraction of sp³-hybridized carbons (Fsp3) is 0.533. The van der Waals surface area contributed by atoms with Crippen molar-refractivity contribution in [1.82, 2.24) is 10.6 Å². The molecule has 1 unspecified atom stereocenters. The molecule has 1 aromatic rings. The van der Waals surface area contributed by atoms with Gasteiger partial charge in [0.15, 0.2) is 0 Å². The number of nitrogens with one attached hydrogen (secondary N) is 2. The molecule has 1 aromatic carbocycles. The first-order valence-corrected chi connectivity index (χ1v) is 7.84. The van der Waals surface area contributed by atoms with Crippen LogP contribution >= 0.6 is 15.9 Å². The van der Waals surface area contributed by atoms with Gasteiger partial charge in [0, 0.05) is 30.1 Å². The van der Waals surface area contributed by atoms with Crippen molar-refractivity contribution in [3.63, 3.8) is 0 Å². The lowest BCUT2D eigenvalue weighted by Crippen LogP contribution is -2.54. The van der Waals surface area contributed by atoms with Crippen LogP contribution in [0.15, 0.2) is 22.7 Å². The van der Waals surface area contributed by atoms with Gasteiger partial charge < -0.3 is 15.5 Å². The highest BCUT2D eigenvalue weighted by molar-refractivity contribution is 9.10. The quantitative estimate of drug-likeness (QED) is 0.884. The van der Waals surface area contributed by atoms with Crippen LogP contribution in [0.4, 0.5) is 5.69 Å². The first-order valence-electron chi connectivity index (χ1n) is 7.05. The minimum absolute atomic E-state index is 0.0914. The number of benzene rings is 1. The van der Waals surface area contributed by atoms with Gasteiger partial charge in [0.2, 0.25) is 5.91 Å². The van der Waals surface area contributed by atoms with Crippen LogP contribution in [0.25, 0.3) is 0 Å². The maximum atomic E-state index is 11.8. The predicted molar refractivity (Wildman–Crippen MR) is 85.9 cm³/mol. The van der Waals surface area contributed by atoms with Crippen LogP contribution in [0, 0.1) is 0 Å². The normalized spacial score (nSPS) is 19.4. The molecule has 0 aromatic heterocycles. The smallest absolute Gasteiger partial charge is 0.242 e. The van der Waals surface area contributed by atoms with E-state index in [1.54, 1.807) is 0 Å². The van der Waals surface area contributed by atoms with Crippen LogP contribution in [0.1, 0.15) is 26.3 Å². The van der Waals surface area contributed by atoms with Gasteiger partial charge in [0.05, 0.1) is 5.69 Å². The highest BCUT2D eigenvalue weighted by atomic mass is 79.9. The molecule has 1 aliphatic rings. The number of amides is 1. The standard InChI is InChI=1S/C15H22BrN3O/c1-10(2)18-9-12-4-5-14(13(16)8-12)19-7-6-17-15(20)11(19)3/h4-5,8,10-11,18H,6-7,9H2,1-3H3,(H,17,20). The molecule has 1 aliphatic heterocycles. The van der Waals surface area contributed by atoms with Gasteiger partial charge in [0.25, 0.3) is 0 Å².